The monoisotopic (exact) mass is 397 g/mol. The highest BCUT2D eigenvalue weighted by atomic mass is 16.6. The van der Waals surface area contributed by atoms with E-state index in [0.717, 1.165) is 71.9 Å². The average molecular weight is 398 g/mol. The Hall–Kier alpha value is -1.42. The standard InChI is InChI=1S/C19H35N5O4/c1-20-8-10-23(11-9-20)7-5-16-18(28-19(27)21(16)2)24-14-12-22(13-15-24)6-3-4-17(25)26/h16,18H,3-15H2,1-2H3,(H,25,26). The zero-order chi connectivity index (χ0) is 20.1. The van der Waals surface area contributed by atoms with Gasteiger partial charge >= 0.3 is 12.1 Å². The molecule has 9 nitrogen and oxygen atoms in total. The molecule has 3 aliphatic heterocycles. The fourth-order valence-corrected chi connectivity index (χ4v) is 4.33. The molecule has 0 aliphatic carbocycles. The number of likely N-dealkylation sites (N-methyl/N-ethyl adjacent to an activating group) is 2. The molecule has 0 aromatic heterocycles. The van der Waals surface area contributed by atoms with Gasteiger partial charge in [0.2, 0.25) is 0 Å². The number of carbonyl (C=O) groups is 2. The number of carboxylic acids is 1. The van der Waals surface area contributed by atoms with Crippen LogP contribution in [0.3, 0.4) is 0 Å². The molecule has 3 heterocycles. The maximum absolute atomic E-state index is 12.2. The summed E-state index contributed by atoms with van der Waals surface area (Å²) in [6, 6.07) is 0.0886. The van der Waals surface area contributed by atoms with Crippen molar-refractivity contribution >= 4 is 12.1 Å². The van der Waals surface area contributed by atoms with Crippen LogP contribution in [-0.4, -0.2) is 133 Å². The Morgan fingerprint density at radius 2 is 1.61 bits per heavy atom. The van der Waals surface area contributed by atoms with Gasteiger partial charge in [0.25, 0.3) is 0 Å². The number of piperazine rings is 2. The Bertz CT molecular complexity index is 532. The molecule has 3 fully saturated rings. The molecular weight excluding hydrogens is 362 g/mol. The fourth-order valence-electron chi connectivity index (χ4n) is 4.33. The van der Waals surface area contributed by atoms with Gasteiger partial charge in [0.05, 0.1) is 6.04 Å². The van der Waals surface area contributed by atoms with E-state index < -0.39 is 5.97 Å². The molecule has 0 radical (unpaired) electrons. The quantitative estimate of drug-likeness (QED) is 0.608. The number of aliphatic carboxylic acids is 1. The molecule has 0 bridgehead atoms. The maximum Gasteiger partial charge on any atom is 0.411 e. The molecule has 3 rings (SSSR count). The van der Waals surface area contributed by atoms with Crippen molar-refractivity contribution < 1.29 is 19.4 Å². The van der Waals surface area contributed by atoms with E-state index in [2.05, 4.69) is 26.6 Å². The van der Waals surface area contributed by atoms with Crippen molar-refractivity contribution in [2.75, 3.05) is 79.5 Å². The smallest absolute Gasteiger partial charge is 0.411 e. The number of carbonyl (C=O) groups excluding carboxylic acids is 1. The molecule has 2 atom stereocenters. The Morgan fingerprint density at radius 3 is 2.25 bits per heavy atom. The lowest BCUT2D eigenvalue weighted by Gasteiger charge is -2.39. The minimum atomic E-state index is -0.734. The van der Waals surface area contributed by atoms with E-state index in [9.17, 15) is 9.59 Å². The van der Waals surface area contributed by atoms with Crippen molar-refractivity contribution in [2.24, 2.45) is 0 Å². The van der Waals surface area contributed by atoms with Crippen LogP contribution in [0.25, 0.3) is 0 Å². The average Bonchev–Trinajstić information content (AvgIpc) is 2.96. The van der Waals surface area contributed by atoms with E-state index in [1.54, 1.807) is 4.90 Å². The summed E-state index contributed by atoms with van der Waals surface area (Å²) in [5.74, 6) is -0.734. The van der Waals surface area contributed by atoms with E-state index in [-0.39, 0.29) is 24.8 Å². The molecule has 9 heteroatoms. The topological polar surface area (TPSA) is 79.8 Å². The Balaban J connectivity index is 1.46. The number of hydrogen-bond donors (Lipinski definition) is 1. The number of carboxylic acid groups (broad SMARTS) is 1. The van der Waals surface area contributed by atoms with Crippen LogP contribution in [-0.2, 0) is 9.53 Å². The van der Waals surface area contributed by atoms with Gasteiger partial charge in [-0.2, -0.15) is 0 Å². The molecule has 1 amide bonds. The Morgan fingerprint density at radius 1 is 1.00 bits per heavy atom. The normalized spacial score (nSPS) is 28.6. The minimum absolute atomic E-state index is 0.0886. The highest BCUT2D eigenvalue weighted by Crippen LogP contribution is 2.25. The Labute approximate surface area is 167 Å². The van der Waals surface area contributed by atoms with Crippen LogP contribution in [0.2, 0.25) is 0 Å². The van der Waals surface area contributed by atoms with Crippen molar-refractivity contribution in [3.8, 4) is 0 Å². The van der Waals surface area contributed by atoms with Gasteiger partial charge in [-0.15, -0.1) is 0 Å². The van der Waals surface area contributed by atoms with Crippen LogP contribution in [0.4, 0.5) is 4.79 Å². The second kappa shape index (κ2) is 9.87. The van der Waals surface area contributed by atoms with Crippen LogP contribution in [0.1, 0.15) is 19.3 Å². The predicted molar refractivity (Wildman–Crippen MR) is 105 cm³/mol. The number of ether oxygens (including phenoxy) is 1. The summed E-state index contributed by atoms with van der Waals surface area (Å²) >= 11 is 0. The third kappa shape index (κ3) is 5.56. The van der Waals surface area contributed by atoms with Crippen LogP contribution in [0.5, 0.6) is 0 Å². The molecule has 28 heavy (non-hydrogen) atoms. The minimum Gasteiger partial charge on any atom is -0.481 e. The number of amides is 1. The molecule has 160 valence electrons. The van der Waals surface area contributed by atoms with Crippen LogP contribution in [0.15, 0.2) is 0 Å². The van der Waals surface area contributed by atoms with Gasteiger partial charge in [0.1, 0.15) is 0 Å². The molecule has 0 aromatic carbocycles. The highest BCUT2D eigenvalue weighted by Gasteiger charge is 2.43. The first-order valence-electron chi connectivity index (χ1n) is 10.5. The summed E-state index contributed by atoms with van der Waals surface area (Å²) < 4.78 is 5.72. The molecule has 0 saturated carbocycles. The van der Waals surface area contributed by atoms with Gasteiger partial charge in [0.15, 0.2) is 6.23 Å². The summed E-state index contributed by atoms with van der Waals surface area (Å²) in [6.45, 7) is 9.66. The second-order valence-electron chi connectivity index (χ2n) is 8.26. The molecule has 0 aromatic rings. The molecule has 3 saturated heterocycles. The lowest BCUT2D eigenvalue weighted by atomic mass is 10.1. The largest absolute Gasteiger partial charge is 0.481 e. The number of rotatable bonds is 8. The van der Waals surface area contributed by atoms with Crippen LogP contribution in [0, 0.1) is 0 Å². The van der Waals surface area contributed by atoms with Gasteiger partial charge in [-0.1, -0.05) is 0 Å². The first-order chi connectivity index (χ1) is 13.4. The van der Waals surface area contributed by atoms with Crippen molar-refractivity contribution in [1.82, 2.24) is 24.5 Å². The number of hydrogen-bond acceptors (Lipinski definition) is 7. The maximum atomic E-state index is 12.2. The Kier molecular flexibility index (Phi) is 7.50. The van der Waals surface area contributed by atoms with Crippen molar-refractivity contribution in [3.63, 3.8) is 0 Å². The van der Waals surface area contributed by atoms with E-state index in [0.29, 0.717) is 6.42 Å². The van der Waals surface area contributed by atoms with Gasteiger partial charge < -0.3 is 29.4 Å². The lowest BCUT2D eigenvalue weighted by Crippen LogP contribution is -2.54. The zero-order valence-electron chi connectivity index (χ0n) is 17.3. The fraction of sp³-hybridized carbons (Fsp3) is 0.895. The van der Waals surface area contributed by atoms with E-state index in [4.69, 9.17) is 9.84 Å². The summed E-state index contributed by atoms with van der Waals surface area (Å²) in [5.41, 5.74) is 0. The van der Waals surface area contributed by atoms with Crippen molar-refractivity contribution in [3.05, 3.63) is 0 Å². The van der Waals surface area contributed by atoms with Gasteiger partial charge in [-0.3, -0.25) is 9.69 Å². The van der Waals surface area contributed by atoms with Crippen LogP contribution >= 0.6 is 0 Å². The molecular formula is C19H35N5O4. The first kappa shape index (κ1) is 21.3. The summed E-state index contributed by atoms with van der Waals surface area (Å²) in [6.07, 6.45) is 1.43. The first-order valence-corrected chi connectivity index (χ1v) is 10.5. The summed E-state index contributed by atoms with van der Waals surface area (Å²) in [7, 11) is 4.01. The van der Waals surface area contributed by atoms with Gasteiger partial charge in [-0.25, -0.2) is 4.79 Å². The number of cyclic esters (lactones) is 1. The molecule has 3 aliphatic rings. The van der Waals surface area contributed by atoms with E-state index in [1.165, 1.54) is 0 Å². The molecule has 0 spiro atoms. The SMILES string of the molecule is CN1CCN(CCC2C(N3CCN(CCCC(=O)O)CC3)OC(=O)N2C)CC1. The van der Waals surface area contributed by atoms with E-state index in [1.807, 2.05) is 7.05 Å². The third-order valence-corrected chi connectivity index (χ3v) is 6.30. The second-order valence-corrected chi connectivity index (χ2v) is 8.26. The zero-order valence-corrected chi connectivity index (χ0v) is 17.3. The molecule has 1 N–H and O–H groups in total. The molecule has 2 unspecified atom stereocenters. The lowest BCUT2D eigenvalue weighted by molar-refractivity contribution is -0.137. The number of nitrogens with zero attached hydrogens (tertiary/aromatic N) is 5. The van der Waals surface area contributed by atoms with Crippen LogP contribution < -0.4 is 0 Å². The predicted octanol–water partition coefficient (Wildman–Crippen LogP) is -0.117. The van der Waals surface area contributed by atoms with Crippen molar-refractivity contribution in [2.45, 2.75) is 31.5 Å². The van der Waals surface area contributed by atoms with Crippen molar-refractivity contribution in [1.29, 1.82) is 0 Å². The van der Waals surface area contributed by atoms with E-state index >= 15 is 0 Å². The summed E-state index contributed by atoms with van der Waals surface area (Å²) in [5, 5.41) is 8.78. The van der Waals surface area contributed by atoms with Gasteiger partial charge in [0, 0.05) is 72.4 Å². The third-order valence-electron chi connectivity index (χ3n) is 6.30. The highest BCUT2D eigenvalue weighted by molar-refractivity contribution is 5.70. The van der Waals surface area contributed by atoms with Gasteiger partial charge in [-0.05, 0) is 26.4 Å². The summed E-state index contributed by atoms with van der Waals surface area (Å²) in [4.78, 5) is 34.0.